The van der Waals surface area contributed by atoms with Crippen LogP contribution in [0.15, 0.2) is 29.1 Å². The van der Waals surface area contributed by atoms with E-state index in [0.29, 0.717) is 0 Å². The van der Waals surface area contributed by atoms with Crippen molar-refractivity contribution >= 4 is 28.7 Å². The topological polar surface area (TPSA) is 130 Å². The molecular formula is C14H14N4O5. The molecule has 3 N–H and O–H groups in total. The summed E-state index contributed by atoms with van der Waals surface area (Å²) in [7, 11) is 1.33. The number of imide groups is 1. The number of carboxylic acid groups (broad SMARTS) is 1. The van der Waals surface area contributed by atoms with E-state index in [-0.39, 0.29) is 16.5 Å². The van der Waals surface area contributed by atoms with Gasteiger partial charge in [0.1, 0.15) is 6.04 Å². The monoisotopic (exact) mass is 318 g/mol. The van der Waals surface area contributed by atoms with Crippen LogP contribution in [-0.4, -0.2) is 39.8 Å². The van der Waals surface area contributed by atoms with Crippen molar-refractivity contribution in [3.8, 4) is 0 Å². The third kappa shape index (κ3) is 3.03. The van der Waals surface area contributed by atoms with E-state index in [1.54, 1.807) is 12.1 Å². The largest absolute Gasteiger partial charge is 0.476 e. The lowest BCUT2D eigenvalue weighted by Crippen LogP contribution is -2.43. The number of hydrogen-bond donors (Lipinski definition) is 3. The van der Waals surface area contributed by atoms with E-state index in [1.807, 2.05) is 5.32 Å². The Labute approximate surface area is 129 Å². The Bertz CT molecular complexity index is 858. The summed E-state index contributed by atoms with van der Waals surface area (Å²) < 4.78 is 0.754. The van der Waals surface area contributed by atoms with Crippen molar-refractivity contribution in [2.45, 2.75) is 13.0 Å². The van der Waals surface area contributed by atoms with Crippen LogP contribution in [0.1, 0.15) is 23.5 Å². The molecular weight excluding hydrogens is 304 g/mol. The standard InChI is InChI=1S/C14H14N4O5/c1-7(11(19)16-14(23)15-2)18-12(20)9-6-4-3-5-8(9)10(17-18)13(21)22/h3-7H,1-2H3,(H,21,22)(H2,15,16,19,23). The molecule has 1 aromatic carbocycles. The lowest BCUT2D eigenvalue weighted by atomic mass is 10.1. The Kier molecular flexibility index (Phi) is 4.39. The minimum Gasteiger partial charge on any atom is -0.476 e. The van der Waals surface area contributed by atoms with E-state index in [2.05, 4.69) is 10.4 Å². The Morgan fingerprint density at radius 2 is 1.83 bits per heavy atom. The highest BCUT2D eigenvalue weighted by Crippen LogP contribution is 2.14. The molecule has 1 unspecified atom stereocenters. The molecule has 0 fully saturated rings. The van der Waals surface area contributed by atoms with Crippen molar-refractivity contribution in [3.05, 3.63) is 40.3 Å². The summed E-state index contributed by atoms with van der Waals surface area (Å²) in [6.07, 6.45) is 0. The molecule has 0 aliphatic carbocycles. The van der Waals surface area contributed by atoms with Gasteiger partial charge in [0, 0.05) is 12.4 Å². The van der Waals surface area contributed by atoms with Crippen LogP contribution in [0.25, 0.3) is 10.8 Å². The summed E-state index contributed by atoms with van der Waals surface area (Å²) in [6, 6.07) is 4.17. The lowest BCUT2D eigenvalue weighted by Gasteiger charge is -2.15. The Morgan fingerprint density at radius 1 is 1.22 bits per heavy atom. The quantitative estimate of drug-likeness (QED) is 0.736. The molecule has 23 heavy (non-hydrogen) atoms. The normalized spacial score (nSPS) is 11.7. The van der Waals surface area contributed by atoms with Gasteiger partial charge >= 0.3 is 12.0 Å². The molecule has 9 nitrogen and oxygen atoms in total. The summed E-state index contributed by atoms with van der Waals surface area (Å²) in [5.41, 5.74) is -0.968. The van der Waals surface area contributed by atoms with E-state index in [0.717, 1.165) is 4.68 Å². The molecule has 1 atom stereocenters. The molecule has 1 heterocycles. The van der Waals surface area contributed by atoms with Crippen molar-refractivity contribution in [2.24, 2.45) is 0 Å². The van der Waals surface area contributed by atoms with E-state index < -0.39 is 29.5 Å². The molecule has 0 saturated heterocycles. The van der Waals surface area contributed by atoms with Gasteiger partial charge in [0.05, 0.1) is 5.39 Å². The zero-order valence-electron chi connectivity index (χ0n) is 12.4. The first-order valence-electron chi connectivity index (χ1n) is 6.64. The van der Waals surface area contributed by atoms with Gasteiger partial charge in [-0.15, -0.1) is 0 Å². The number of urea groups is 1. The Hall–Kier alpha value is -3.23. The van der Waals surface area contributed by atoms with Crippen LogP contribution in [0.5, 0.6) is 0 Å². The average Bonchev–Trinajstić information content (AvgIpc) is 2.54. The minimum absolute atomic E-state index is 0.125. The van der Waals surface area contributed by atoms with Crippen LogP contribution in [0.4, 0.5) is 4.79 Å². The first-order valence-corrected chi connectivity index (χ1v) is 6.64. The van der Waals surface area contributed by atoms with Crippen LogP contribution < -0.4 is 16.2 Å². The summed E-state index contributed by atoms with van der Waals surface area (Å²) in [6.45, 7) is 1.34. The van der Waals surface area contributed by atoms with Gasteiger partial charge in [-0.25, -0.2) is 14.3 Å². The molecule has 9 heteroatoms. The fourth-order valence-corrected chi connectivity index (χ4v) is 2.02. The predicted molar refractivity (Wildman–Crippen MR) is 80.3 cm³/mol. The van der Waals surface area contributed by atoms with Gasteiger partial charge in [0.25, 0.3) is 11.5 Å². The maximum absolute atomic E-state index is 12.4. The van der Waals surface area contributed by atoms with Gasteiger partial charge in [-0.1, -0.05) is 18.2 Å². The molecule has 0 spiro atoms. The molecule has 120 valence electrons. The second kappa shape index (κ2) is 6.26. The molecule has 0 aliphatic rings. The molecule has 2 aromatic rings. The number of aromatic nitrogens is 2. The molecule has 0 saturated carbocycles. The van der Waals surface area contributed by atoms with Crippen LogP contribution >= 0.6 is 0 Å². The Balaban J connectivity index is 2.59. The zero-order chi connectivity index (χ0) is 17.1. The highest BCUT2D eigenvalue weighted by molar-refractivity contribution is 6.01. The summed E-state index contributed by atoms with van der Waals surface area (Å²) in [5.74, 6) is -2.11. The number of nitrogens with one attached hydrogen (secondary N) is 2. The van der Waals surface area contributed by atoms with Crippen molar-refractivity contribution < 1.29 is 19.5 Å². The van der Waals surface area contributed by atoms with Gasteiger partial charge in [-0.05, 0) is 13.0 Å². The van der Waals surface area contributed by atoms with Crippen LogP contribution in [0, 0.1) is 0 Å². The number of carbonyl (C=O) groups excluding carboxylic acids is 2. The van der Waals surface area contributed by atoms with Crippen molar-refractivity contribution in [1.82, 2.24) is 20.4 Å². The number of fused-ring (bicyclic) bond motifs is 1. The van der Waals surface area contributed by atoms with Gasteiger partial charge in [-0.3, -0.25) is 14.9 Å². The summed E-state index contributed by atoms with van der Waals surface area (Å²) in [5, 5.41) is 17.5. The maximum atomic E-state index is 12.4. The van der Waals surface area contributed by atoms with Crippen molar-refractivity contribution in [1.29, 1.82) is 0 Å². The second-order valence-electron chi connectivity index (χ2n) is 4.69. The fourth-order valence-electron chi connectivity index (χ4n) is 2.02. The zero-order valence-corrected chi connectivity index (χ0v) is 12.4. The molecule has 2 rings (SSSR count). The predicted octanol–water partition coefficient (Wildman–Crippen LogP) is 0.111. The number of hydrogen-bond acceptors (Lipinski definition) is 5. The van der Waals surface area contributed by atoms with E-state index >= 15 is 0 Å². The van der Waals surface area contributed by atoms with Crippen molar-refractivity contribution in [3.63, 3.8) is 0 Å². The van der Waals surface area contributed by atoms with Gasteiger partial charge in [0.2, 0.25) is 0 Å². The van der Waals surface area contributed by atoms with Crippen LogP contribution in [-0.2, 0) is 4.79 Å². The number of benzene rings is 1. The molecule has 1 aromatic heterocycles. The number of aromatic carboxylic acids is 1. The van der Waals surface area contributed by atoms with E-state index in [9.17, 15) is 24.3 Å². The molecule has 3 amide bonds. The first kappa shape index (κ1) is 16.1. The van der Waals surface area contributed by atoms with Crippen LogP contribution in [0.3, 0.4) is 0 Å². The molecule has 0 radical (unpaired) electrons. The lowest BCUT2D eigenvalue weighted by molar-refractivity contribution is -0.123. The van der Waals surface area contributed by atoms with E-state index in [4.69, 9.17) is 0 Å². The number of amides is 3. The van der Waals surface area contributed by atoms with Gasteiger partial charge < -0.3 is 10.4 Å². The number of rotatable bonds is 3. The summed E-state index contributed by atoms with van der Waals surface area (Å²) >= 11 is 0. The first-order chi connectivity index (χ1) is 10.9. The minimum atomic E-state index is -1.33. The SMILES string of the molecule is CNC(=O)NC(=O)C(C)n1nc(C(=O)O)c2ccccc2c1=O. The second-order valence-corrected chi connectivity index (χ2v) is 4.69. The van der Waals surface area contributed by atoms with Crippen LogP contribution in [0.2, 0.25) is 0 Å². The van der Waals surface area contributed by atoms with Gasteiger partial charge in [-0.2, -0.15) is 5.10 Å². The molecule has 0 aliphatic heterocycles. The average molecular weight is 318 g/mol. The van der Waals surface area contributed by atoms with Crippen molar-refractivity contribution in [2.75, 3.05) is 7.05 Å². The fraction of sp³-hybridized carbons (Fsp3) is 0.214. The van der Waals surface area contributed by atoms with E-state index in [1.165, 1.54) is 26.1 Å². The molecule has 0 bridgehead atoms. The van der Waals surface area contributed by atoms with Gasteiger partial charge in [0.15, 0.2) is 5.69 Å². The number of carbonyl (C=O) groups is 3. The summed E-state index contributed by atoms with van der Waals surface area (Å²) in [4.78, 5) is 46.9. The Morgan fingerprint density at radius 3 is 2.39 bits per heavy atom. The maximum Gasteiger partial charge on any atom is 0.357 e. The number of carboxylic acids is 1. The third-order valence-electron chi connectivity index (χ3n) is 3.24. The highest BCUT2D eigenvalue weighted by atomic mass is 16.4. The highest BCUT2D eigenvalue weighted by Gasteiger charge is 2.23. The smallest absolute Gasteiger partial charge is 0.357 e. The third-order valence-corrected chi connectivity index (χ3v) is 3.24. The number of nitrogens with zero attached hydrogens (tertiary/aromatic N) is 2.